The zero-order valence-electron chi connectivity index (χ0n) is 5.39. The fourth-order valence-corrected chi connectivity index (χ4v) is 0. The maximum Gasteiger partial charge on any atom is 2.00 e. The quantitative estimate of drug-likeness (QED) is 0.154. The Morgan fingerprint density at radius 1 is 0.571 bits per heavy atom. The average Bonchev–Trinajstić information content (AvgIpc) is 1.81. The van der Waals surface area contributed by atoms with Crippen molar-refractivity contribution in [2.24, 2.45) is 0 Å². The van der Waals surface area contributed by atoms with Crippen LogP contribution in [-0.4, -0.2) is 54.6 Å². The molecule has 0 atom stereocenters. The van der Waals surface area contributed by atoms with Gasteiger partial charge in [-0.1, -0.05) is 0 Å². The molecule has 7 heteroatoms. The predicted octanol–water partition coefficient (Wildman–Crippen LogP) is -0.104. The van der Waals surface area contributed by atoms with E-state index >= 15 is 0 Å². The van der Waals surface area contributed by atoms with Gasteiger partial charge in [0.05, 0.1) is 0 Å². The van der Waals surface area contributed by atoms with E-state index in [-0.39, 0.29) is 25.9 Å². The molecule has 0 radical (unpaired) electrons. The Labute approximate surface area is 58.2 Å². The van der Waals surface area contributed by atoms with Crippen molar-refractivity contribution in [3.63, 3.8) is 0 Å². The van der Waals surface area contributed by atoms with Crippen molar-refractivity contribution in [2.75, 3.05) is 0 Å². The summed E-state index contributed by atoms with van der Waals surface area (Å²) in [5.74, 6) is 0. The third-order valence-corrected chi connectivity index (χ3v) is 0. The van der Waals surface area contributed by atoms with E-state index in [9.17, 15) is 0 Å². The van der Waals surface area contributed by atoms with Crippen LogP contribution in [-0.2, 0) is 0 Å². The third-order valence-electron chi connectivity index (χ3n) is 0. The summed E-state index contributed by atoms with van der Waals surface area (Å²) >= 11 is 0. The molecule has 46 valence electrons. The molecule has 0 spiro atoms. The molecule has 7 heavy (non-hydrogen) atoms. The summed E-state index contributed by atoms with van der Waals surface area (Å²) in [6, 6.07) is 0. The molecule has 6 nitrogen and oxygen atoms in total. The summed E-state index contributed by atoms with van der Waals surface area (Å²) in [6.45, 7) is 0. The summed E-state index contributed by atoms with van der Waals surface area (Å²) in [5.41, 5.74) is 0. The van der Waals surface area contributed by atoms with Crippen molar-refractivity contribution < 1.29 is 34.4 Å². The molecule has 0 aliphatic heterocycles. The minimum absolute atomic E-state index is 0. The zero-order chi connectivity index (χ0) is 6.00. The molecule has 6 N–H and O–H groups in total. The molecule has 0 heterocycles. The van der Waals surface area contributed by atoms with Crippen LogP contribution < -0.4 is 0 Å². The topological polar surface area (TPSA) is 121 Å². The van der Waals surface area contributed by atoms with Crippen LogP contribution in [0, 0.1) is 0 Å². The first-order valence-corrected chi connectivity index (χ1v) is 0.600. The van der Waals surface area contributed by atoms with E-state index in [1.165, 1.54) is 0 Å². The van der Waals surface area contributed by atoms with Crippen LogP contribution in [0.4, 0.5) is 0 Å². The predicted molar refractivity (Wildman–Crippen MR) is 23.8 cm³/mol. The smallest absolute Gasteiger partial charge is 1.00 e. The van der Waals surface area contributed by atoms with Gasteiger partial charge in [0, 0.05) is 0 Å². The van der Waals surface area contributed by atoms with Gasteiger partial charge in [0.1, 0.15) is 0 Å². The van der Waals surface area contributed by atoms with E-state index in [1.54, 1.807) is 0 Å². The summed E-state index contributed by atoms with van der Waals surface area (Å²) in [7, 11) is 0. The first-order valence-electron chi connectivity index (χ1n) is 0.600. The van der Waals surface area contributed by atoms with E-state index in [4.69, 9.17) is 31.5 Å². The van der Waals surface area contributed by atoms with Gasteiger partial charge < -0.3 is 2.85 Å². The van der Waals surface area contributed by atoms with Crippen LogP contribution in [0.25, 0.3) is 0 Å². The van der Waals surface area contributed by atoms with Crippen molar-refractivity contribution in [1.29, 1.82) is 0 Å². The number of hydrogen-bond acceptors (Lipinski definition) is 6. The standard InChI is InChI=1S/Mg.3H2O2.2H/c;3*1-2;;/h;3*1-2H;;/q+2;;;;2*-1. The Balaban J connectivity index is -0.00000000321. The molecule has 0 aliphatic rings. The van der Waals surface area contributed by atoms with Crippen molar-refractivity contribution >= 4 is 23.1 Å². The number of hydrogen-bond donors (Lipinski definition) is 6. The molecular weight excluding hydrogens is 120 g/mol. The average molecular weight is 128 g/mol. The monoisotopic (exact) mass is 128 g/mol. The molecular formula is H8MgO6. The first-order chi connectivity index (χ1) is 3.00. The first kappa shape index (κ1) is 25.8. The maximum atomic E-state index is 6.00. The molecule has 0 aromatic rings. The van der Waals surface area contributed by atoms with Crippen molar-refractivity contribution in [2.45, 2.75) is 0 Å². The molecule has 0 fully saturated rings. The van der Waals surface area contributed by atoms with Gasteiger partial charge in [0.2, 0.25) is 0 Å². The minimum Gasteiger partial charge on any atom is -1.00 e. The van der Waals surface area contributed by atoms with Gasteiger partial charge in [-0.3, -0.25) is 31.5 Å². The van der Waals surface area contributed by atoms with E-state index in [1.807, 2.05) is 0 Å². The molecule has 0 unspecified atom stereocenters. The van der Waals surface area contributed by atoms with E-state index < -0.39 is 0 Å². The van der Waals surface area contributed by atoms with Crippen molar-refractivity contribution in [3.05, 3.63) is 0 Å². The van der Waals surface area contributed by atoms with E-state index in [0.29, 0.717) is 0 Å². The minimum atomic E-state index is 0. The molecule has 0 amide bonds. The van der Waals surface area contributed by atoms with E-state index in [2.05, 4.69) is 0 Å². The van der Waals surface area contributed by atoms with Crippen LogP contribution >= 0.6 is 0 Å². The van der Waals surface area contributed by atoms with Gasteiger partial charge in [-0.05, 0) is 0 Å². The molecule has 0 rings (SSSR count). The van der Waals surface area contributed by atoms with Crippen LogP contribution in [0.1, 0.15) is 2.85 Å². The molecule has 0 aromatic carbocycles. The maximum absolute atomic E-state index is 6.00. The summed E-state index contributed by atoms with van der Waals surface area (Å²) < 4.78 is 0. The summed E-state index contributed by atoms with van der Waals surface area (Å²) in [5, 5.41) is 36.0. The fourth-order valence-electron chi connectivity index (χ4n) is 0. The van der Waals surface area contributed by atoms with Gasteiger partial charge in [0.25, 0.3) is 0 Å². The third kappa shape index (κ3) is 483. The Morgan fingerprint density at radius 3 is 0.571 bits per heavy atom. The van der Waals surface area contributed by atoms with Gasteiger partial charge in [0.15, 0.2) is 0 Å². The largest absolute Gasteiger partial charge is 2.00 e. The summed E-state index contributed by atoms with van der Waals surface area (Å²) in [6.07, 6.45) is 0. The molecule has 0 saturated carbocycles. The number of rotatable bonds is 0. The van der Waals surface area contributed by atoms with Gasteiger partial charge in [-0.25, -0.2) is 0 Å². The molecule has 0 aromatic heterocycles. The second-order valence-electron chi connectivity index (χ2n) is 0. The van der Waals surface area contributed by atoms with Crippen LogP contribution in [0.3, 0.4) is 0 Å². The fraction of sp³-hybridized carbons (Fsp3) is 0. The zero-order valence-corrected chi connectivity index (χ0v) is 4.80. The van der Waals surface area contributed by atoms with Crippen molar-refractivity contribution in [3.8, 4) is 0 Å². The molecule has 0 bridgehead atoms. The van der Waals surface area contributed by atoms with Crippen molar-refractivity contribution in [1.82, 2.24) is 0 Å². The molecule has 0 aliphatic carbocycles. The second kappa shape index (κ2) is 720. The normalized spacial score (nSPS) is 2.57. The molecule has 0 saturated heterocycles. The Morgan fingerprint density at radius 2 is 0.571 bits per heavy atom. The SMILES string of the molecule is OO.OO.OO.[H-].[H-].[Mg+2]. The van der Waals surface area contributed by atoms with Crippen LogP contribution in [0.5, 0.6) is 0 Å². The summed E-state index contributed by atoms with van der Waals surface area (Å²) in [4.78, 5) is 0. The van der Waals surface area contributed by atoms with E-state index in [0.717, 1.165) is 0 Å². The van der Waals surface area contributed by atoms with Gasteiger partial charge in [-0.15, -0.1) is 0 Å². The second-order valence-corrected chi connectivity index (χ2v) is 0. The van der Waals surface area contributed by atoms with Crippen LogP contribution in [0.2, 0.25) is 0 Å². The van der Waals surface area contributed by atoms with Crippen LogP contribution in [0.15, 0.2) is 0 Å². The Kier molecular flexibility index (Phi) is 2650. The Bertz CT molecular complexity index is 11.0. The van der Waals surface area contributed by atoms with Gasteiger partial charge >= 0.3 is 23.1 Å². The van der Waals surface area contributed by atoms with Gasteiger partial charge in [-0.2, -0.15) is 0 Å². The Hall–Kier alpha value is 0.526.